The van der Waals surface area contributed by atoms with Crippen LogP contribution < -0.4 is 5.32 Å². The van der Waals surface area contributed by atoms with Crippen LogP contribution in [0.15, 0.2) is 29.3 Å². The third-order valence-corrected chi connectivity index (χ3v) is 3.79. The van der Waals surface area contributed by atoms with Gasteiger partial charge in [0.2, 0.25) is 0 Å². The molecular formula is C16H26N2S. The van der Waals surface area contributed by atoms with E-state index in [0.717, 1.165) is 5.04 Å². The van der Waals surface area contributed by atoms with Crippen LogP contribution in [0.25, 0.3) is 0 Å². The van der Waals surface area contributed by atoms with E-state index in [9.17, 15) is 0 Å². The van der Waals surface area contributed by atoms with Gasteiger partial charge in [-0.1, -0.05) is 58.9 Å². The van der Waals surface area contributed by atoms with Gasteiger partial charge in [0.25, 0.3) is 0 Å². The average molecular weight is 278 g/mol. The number of thioether (sulfide) groups is 1. The third-order valence-electron chi connectivity index (χ3n) is 2.73. The zero-order valence-corrected chi connectivity index (χ0v) is 13.8. The van der Waals surface area contributed by atoms with E-state index in [-0.39, 0.29) is 5.41 Å². The molecule has 2 nitrogen and oxygen atoms in total. The van der Waals surface area contributed by atoms with Gasteiger partial charge in [0.05, 0.1) is 11.7 Å². The quantitative estimate of drug-likeness (QED) is 0.664. The molecule has 0 aliphatic carbocycles. The Bertz CT molecular complexity index is 413. The molecule has 0 unspecified atom stereocenters. The topological polar surface area (TPSA) is 24.4 Å². The Hall–Kier alpha value is -0.800. The van der Waals surface area contributed by atoms with E-state index in [1.54, 1.807) is 0 Å². The van der Waals surface area contributed by atoms with Crippen molar-refractivity contribution in [1.29, 1.82) is 0 Å². The summed E-state index contributed by atoms with van der Waals surface area (Å²) in [5, 5.41) is 4.73. The predicted octanol–water partition coefficient (Wildman–Crippen LogP) is 4.05. The second-order valence-corrected chi connectivity index (χ2v) is 7.53. The maximum Gasteiger partial charge on any atom is 0.0995 e. The average Bonchev–Trinajstić information content (AvgIpc) is 2.33. The van der Waals surface area contributed by atoms with Gasteiger partial charge in [0.15, 0.2) is 0 Å². The van der Waals surface area contributed by atoms with Crippen molar-refractivity contribution in [3.63, 3.8) is 0 Å². The Labute approximate surface area is 122 Å². The summed E-state index contributed by atoms with van der Waals surface area (Å²) in [7, 11) is 1.92. The normalized spacial score (nSPS) is 13.1. The molecule has 1 aromatic carbocycles. The molecule has 0 saturated carbocycles. The van der Waals surface area contributed by atoms with Gasteiger partial charge in [-0.2, -0.15) is 0 Å². The Balaban J connectivity index is 2.97. The molecule has 3 heteroatoms. The van der Waals surface area contributed by atoms with Crippen molar-refractivity contribution in [3.05, 3.63) is 35.4 Å². The molecule has 0 aromatic heterocycles. The Morgan fingerprint density at radius 2 is 1.79 bits per heavy atom. The Morgan fingerprint density at radius 1 is 1.21 bits per heavy atom. The van der Waals surface area contributed by atoms with E-state index >= 15 is 0 Å². The largest absolute Gasteiger partial charge is 0.301 e. The van der Waals surface area contributed by atoms with Gasteiger partial charge in [0, 0.05) is 10.8 Å². The lowest BCUT2D eigenvalue weighted by Gasteiger charge is -2.19. The highest BCUT2D eigenvalue weighted by atomic mass is 32.2. The summed E-state index contributed by atoms with van der Waals surface area (Å²) in [6.07, 6.45) is 0. The molecule has 0 aliphatic rings. The second-order valence-electron chi connectivity index (χ2n) is 5.97. The second kappa shape index (κ2) is 7.11. The highest BCUT2D eigenvalue weighted by molar-refractivity contribution is 8.14. The first-order chi connectivity index (χ1) is 8.84. The molecule has 0 radical (unpaired) electrons. The fourth-order valence-corrected chi connectivity index (χ4v) is 2.54. The molecule has 0 bridgehead atoms. The highest BCUT2D eigenvalue weighted by Crippen LogP contribution is 2.24. The number of rotatable bonds is 4. The summed E-state index contributed by atoms with van der Waals surface area (Å²) in [5.41, 5.74) is 2.77. The minimum Gasteiger partial charge on any atom is -0.301 e. The summed E-state index contributed by atoms with van der Waals surface area (Å²) in [6.45, 7) is 11.8. The number of hydrogen-bond acceptors (Lipinski definition) is 3. The van der Waals surface area contributed by atoms with E-state index in [0.29, 0.717) is 11.9 Å². The van der Waals surface area contributed by atoms with Crippen LogP contribution in [0.4, 0.5) is 0 Å². The summed E-state index contributed by atoms with van der Waals surface area (Å²) < 4.78 is 0. The zero-order valence-electron chi connectivity index (χ0n) is 12.9. The number of nitrogens with one attached hydrogen (secondary N) is 1. The van der Waals surface area contributed by atoms with Gasteiger partial charge in [-0.05, 0) is 18.0 Å². The van der Waals surface area contributed by atoms with Crippen molar-refractivity contribution in [2.45, 2.75) is 45.3 Å². The molecular weight excluding hydrogens is 252 g/mol. The minimum atomic E-state index is 0.200. The van der Waals surface area contributed by atoms with Gasteiger partial charge in [0.1, 0.15) is 0 Å². The third kappa shape index (κ3) is 5.37. The van der Waals surface area contributed by atoms with Gasteiger partial charge >= 0.3 is 0 Å². The van der Waals surface area contributed by atoms with Crippen molar-refractivity contribution in [2.24, 2.45) is 4.99 Å². The monoisotopic (exact) mass is 278 g/mol. The fourth-order valence-electron chi connectivity index (χ4n) is 1.68. The van der Waals surface area contributed by atoms with Crippen LogP contribution in [0, 0.1) is 0 Å². The Kier molecular flexibility index (Phi) is 6.08. The number of nitrogens with zero attached hydrogens (tertiary/aromatic N) is 1. The van der Waals surface area contributed by atoms with Crippen molar-refractivity contribution in [1.82, 2.24) is 5.32 Å². The first-order valence-corrected chi connectivity index (χ1v) is 7.69. The number of aliphatic imine (C=N–C) groups is 1. The maximum absolute atomic E-state index is 4.61. The SMILES string of the molecule is CNC/N=C(\SC(C)C)c1ccc(C(C)(C)C)cc1. The summed E-state index contributed by atoms with van der Waals surface area (Å²) in [5.74, 6) is 0. The van der Waals surface area contributed by atoms with Crippen LogP contribution in [0.2, 0.25) is 0 Å². The molecule has 19 heavy (non-hydrogen) atoms. The maximum atomic E-state index is 4.61. The zero-order chi connectivity index (χ0) is 14.5. The lowest BCUT2D eigenvalue weighted by Crippen LogP contribution is -2.12. The molecule has 106 valence electrons. The van der Waals surface area contributed by atoms with Crippen LogP contribution in [0.5, 0.6) is 0 Å². The van der Waals surface area contributed by atoms with Crippen LogP contribution in [0.3, 0.4) is 0 Å². The first-order valence-electron chi connectivity index (χ1n) is 6.81. The van der Waals surface area contributed by atoms with E-state index in [1.165, 1.54) is 11.1 Å². The van der Waals surface area contributed by atoms with E-state index in [1.807, 2.05) is 18.8 Å². The molecule has 1 aromatic rings. The van der Waals surface area contributed by atoms with Crippen LogP contribution in [-0.2, 0) is 5.41 Å². The standard InChI is InChI=1S/C16H26N2S/c1-12(2)19-15(18-11-17-6)13-7-9-14(10-8-13)16(3,4)5/h7-10,12,17H,11H2,1-6H3/b18-15-. The van der Waals surface area contributed by atoms with E-state index in [4.69, 9.17) is 0 Å². The van der Waals surface area contributed by atoms with Crippen LogP contribution >= 0.6 is 11.8 Å². The molecule has 0 spiro atoms. The summed E-state index contributed by atoms with van der Waals surface area (Å²) in [4.78, 5) is 4.61. The molecule has 1 rings (SSSR count). The fraction of sp³-hybridized carbons (Fsp3) is 0.562. The molecule has 0 fully saturated rings. The van der Waals surface area contributed by atoms with Crippen molar-refractivity contribution >= 4 is 16.8 Å². The minimum absolute atomic E-state index is 0.200. The Morgan fingerprint density at radius 3 is 2.21 bits per heavy atom. The molecule has 0 aliphatic heterocycles. The van der Waals surface area contributed by atoms with Gasteiger partial charge in [-0.3, -0.25) is 4.99 Å². The predicted molar refractivity (Wildman–Crippen MR) is 88.3 cm³/mol. The van der Waals surface area contributed by atoms with Crippen molar-refractivity contribution < 1.29 is 0 Å². The molecule has 0 heterocycles. The smallest absolute Gasteiger partial charge is 0.0995 e. The first kappa shape index (κ1) is 16.3. The van der Waals surface area contributed by atoms with Crippen LogP contribution in [0.1, 0.15) is 45.7 Å². The molecule has 1 N–H and O–H groups in total. The molecule has 0 saturated heterocycles. The van der Waals surface area contributed by atoms with E-state index < -0.39 is 0 Å². The highest BCUT2D eigenvalue weighted by Gasteiger charge is 2.14. The summed E-state index contributed by atoms with van der Waals surface area (Å²) >= 11 is 1.82. The molecule has 0 atom stereocenters. The van der Waals surface area contributed by atoms with Crippen LogP contribution in [-0.4, -0.2) is 24.0 Å². The van der Waals surface area contributed by atoms with Gasteiger partial charge < -0.3 is 5.32 Å². The lowest BCUT2D eigenvalue weighted by molar-refractivity contribution is 0.590. The van der Waals surface area contributed by atoms with E-state index in [2.05, 4.69) is 69.2 Å². The van der Waals surface area contributed by atoms with Crippen molar-refractivity contribution in [2.75, 3.05) is 13.7 Å². The molecule has 0 amide bonds. The van der Waals surface area contributed by atoms with Gasteiger partial charge in [-0.15, -0.1) is 11.8 Å². The van der Waals surface area contributed by atoms with Crippen molar-refractivity contribution in [3.8, 4) is 0 Å². The summed E-state index contributed by atoms with van der Waals surface area (Å²) in [6, 6.07) is 8.80. The number of hydrogen-bond donors (Lipinski definition) is 1. The van der Waals surface area contributed by atoms with Gasteiger partial charge in [-0.25, -0.2) is 0 Å². The lowest BCUT2D eigenvalue weighted by atomic mass is 9.87. The number of benzene rings is 1.